The van der Waals surface area contributed by atoms with Crippen LogP contribution in [0.25, 0.3) is 28.2 Å². The van der Waals surface area contributed by atoms with Crippen molar-refractivity contribution >= 4 is 34.2 Å². The fraction of sp³-hybridized carbons (Fsp3) is 0.0769. The molecule has 5 rings (SSSR count). The molecule has 0 radical (unpaired) electrons. The van der Waals surface area contributed by atoms with E-state index in [0.29, 0.717) is 22.4 Å². The number of hydrogen-bond donors (Lipinski definition) is 2. The van der Waals surface area contributed by atoms with Crippen molar-refractivity contribution in [2.75, 3.05) is 5.73 Å². The third kappa shape index (κ3) is 3.41. The summed E-state index contributed by atoms with van der Waals surface area (Å²) >= 11 is 0. The van der Waals surface area contributed by atoms with Crippen molar-refractivity contribution in [3.8, 4) is 5.69 Å². The quantitative estimate of drug-likeness (QED) is 0.424. The molecule has 0 aliphatic carbocycles. The standard InChI is InChI=1S/C26H22N6O2/c1-3-17-9-7-10-18-15-20(32(26(34)21(17)18)19-11-5-4-6-12-19)16(2)29-25(33)22-23(27)30-31-14-8-13-28-24(22)31/h3-16H,1H2,2H3,(H2,27,30)(H,29,33)/t16-/m0/s1. The van der Waals surface area contributed by atoms with E-state index in [4.69, 9.17) is 5.73 Å². The molecule has 0 aliphatic rings. The highest BCUT2D eigenvalue weighted by molar-refractivity contribution is 6.04. The molecule has 3 heterocycles. The Kier molecular flexibility index (Phi) is 5.18. The van der Waals surface area contributed by atoms with Gasteiger partial charge in [0, 0.05) is 23.8 Å². The van der Waals surface area contributed by atoms with Gasteiger partial charge in [-0.25, -0.2) is 9.50 Å². The molecule has 8 nitrogen and oxygen atoms in total. The van der Waals surface area contributed by atoms with E-state index in [2.05, 4.69) is 22.0 Å². The van der Waals surface area contributed by atoms with Crippen LogP contribution in [-0.2, 0) is 0 Å². The first-order chi connectivity index (χ1) is 16.5. The van der Waals surface area contributed by atoms with Crippen LogP contribution in [0.2, 0.25) is 0 Å². The van der Waals surface area contributed by atoms with Gasteiger partial charge in [-0.2, -0.15) is 0 Å². The first-order valence-corrected chi connectivity index (χ1v) is 10.8. The number of carbonyl (C=O) groups excluding carboxylic acids is 1. The Labute approximate surface area is 195 Å². The number of nitrogens with two attached hydrogens (primary N) is 1. The molecule has 0 saturated heterocycles. The number of benzene rings is 2. The lowest BCUT2D eigenvalue weighted by Crippen LogP contribution is -2.32. The predicted molar refractivity (Wildman–Crippen MR) is 133 cm³/mol. The van der Waals surface area contributed by atoms with Crippen LogP contribution in [0.4, 0.5) is 5.82 Å². The molecule has 3 aromatic heterocycles. The summed E-state index contributed by atoms with van der Waals surface area (Å²) in [6, 6.07) is 18.0. The molecule has 0 saturated carbocycles. The van der Waals surface area contributed by atoms with Gasteiger partial charge in [-0.05, 0) is 42.1 Å². The van der Waals surface area contributed by atoms with Crippen molar-refractivity contribution in [1.29, 1.82) is 0 Å². The van der Waals surface area contributed by atoms with Gasteiger partial charge in [0.15, 0.2) is 11.5 Å². The summed E-state index contributed by atoms with van der Waals surface area (Å²) < 4.78 is 3.08. The second-order valence-electron chi connectivity index (χ2n) is 7.90. The minimum Gasteiger partial charge on any atom is -0.381 e. The molecule has 1 atom stereocenters. The van der Waals surface area contributed by atoms with E-state index in [1.165, 1.54) is 4.52 Å². The SMILES string of the molecule is C=Cc1cccc2cc([C@H](C)NC(=O)c3c(N)nn4cccnc34)n(-c3ccccc3)c(=O)c12. The van der Waals surface area contributed by atoms with Crippen LogP contribution in [0.3, 0.4) is 0 Å². The third-order valence-electron chi connectivity index (χ3n) is 5.78. The number of nitrogen functional groups attached to an aromatic ring is 1. The zero-order chi connectivity index (χ0) is 23.8. The van der Waals surface area contributed by atoms with Crippen molar-refractivity contribution in [1.82, 2.24) is 24.5 Å². The highest BCUT2D eigenvalue weighted by Gasteiger charge is 2.23. The molecule has 0 aliphatic heterocycles. The number of aromatic nitrogens is 4. The van der Waals surface area contributed by atoms with Crippen molar-refractivity contribution in [2.24, 2.45) is 0 Å². The molecule has 8 heteroatoms. The smallest absolute Gasteiger partial charge is 0.263 e. The number of rotatable bonds is 5. The van der Waals surface area contributed by atoms with Gasteiger partial charge in [0.1, 0.15) is 5.56 Å². The number of nitrogens with zero attached hydrogens (tertiary/aromatic N) is 4. The summed E-state index contributed by atoms with van der Waals surface area (Å²) in [4.78, 5) is 31.2. The molecular formula is C26H22N6O2. The first-order valence-electron chi connectivity index (χ1n) is 10.8. The van der Waals surface area contributed by atoms with Gasteiger partial charge in [0.2, 0.25) is 0 Å². The Balaban J connectivity index is 1.65. The maximum atomic E-state index is 13.7. The van der Waals surface area contributed by atoms with E-state index in [1.807, 2.05) is 61.5 Å². The Bertz CT molecular complexity index is 1620. The van der Waals surface area contributed by atoms with Crippen LogP contribution in [0.15, 0.2) is 84.4 Å². The van der Waals surface area contributed by atoms with E-state index >= 15 is 0 Å². The molecule has 34 heavy (non-hydrogen) atoms. The normalized spacial score (nSPS) is 12.0. The summed E-state index contributed by atoms with van der Waals surface area (Å²) in [5.74, 6) is -0.344. The number of para-hydroxylation sites is 1. The molecule has 0 bridgehead atoms. The fourth-order valence-electron chi connectivity index (χ4n) is 4.21. The van der Waals surface area contributed by atoms with Gasteiger partial charge in [-0.1, -0.05) is 49.1 Å². The highest BCUT2D eigenvalue weighted by Crippen LogP contribution is 2.25. The monoisotopic (exact) mass is 450 g/mol. The molecule has 0 unspecified atom stereocenters. The van der Waals surface area contributed by atoms with E-state index < -0.39 is 11.9 Å². The van der Waals surface area contributed by atoms with Crippen LogP contribution >= 0.6 is 0 Å². The van der Waals surface area contributed by atoms with Gasteiger partial charge >= 0.3 is 0 Å². The Hall–Kier alpha value is -4.72. The average molecular weight is 451 g/mol. The van der Waals surface area contributed by atoms with Gasteiger partial charge in [0.25, 0.3) is 11.5 Å². The second-order valence-corrected chi connectivity index (χ2v) is 7.90. The third-order valence-corrected chi connectivity index (χ3v) is 5.78. The molecule has 2 aromatic carbocycles. The summed E-state index contributed by atoms with van der Waals surface area (Å²) in [5.41, 5.74) is 8.46. The lowest BCUT2D eigenvalue weighted by Gasteiger charge is -2.21. The first kappa shape index (κ1) is 21.1. The van der Waals surface area contributed by atoms with Crippen molar-refractivity contribution in [2.45, 2.75) is 13.0 Å². The largest absolute Gasteiger partial charge is 0.381 e. The number of fused-ring (bicyclic) bond motifs is 2. The molecule has 1 amide bonds. The molecular weight excluding hydrogens is 428 g/mol. The number of amides is 1. The van der Waals surface area contributed by atoms with Crippen LogP contribution in [0.5, 0.6) is 0 Å². The average Bonchev–Trinajstić information content (AvgIpc) is 3.19. The highest BCUT2D eigenvalue weighted by atomic mass is 16.2. The zero-order valence-corrected chi connectivity index (χ0v) is 18.5. The minimum absolute atomic E-state index is 0.0815. The topological polar surface area (TPSA) is 107 Å². The summed E-state index contributed by atoms with van der Waals surface area (Å²) in [5, 5.41) is 8.47. The Morgan fingerprint density at radius 2 is 1.94 bits per heavy atom. The van der Waals surface area contributed by atoms with Crippen molar-refractivity contribution in [3.63, 3.8) is 0 Å². The second kappa shape index (κ2) is 8.32. The lowest BCUT2D eigenvalue weighted by atomic mass is 10.0. The van der Waals surface area contributed by atoms with Gasteiger partial charge in [0.05, 0.1) is 11.4 Å². The zero-order valence-electron chi connectivity index (χ0n) is 18.5. The predicted octanol–water partition coefficient (Wildman–Crippen LogP) is 3.75. The fourth-order valence-corrected chi connectivity index (χ4v) is 4.21. The maximum Gasteiger partial charge on any atom is 0.263 e. The number of nitrogens with one attached hydrogen (secondary N) is 1. The van der Waals surface area contributed by atoms with Gasteiger partial charge in [-0.3, -0.25) is 14.2 Å². The number of pyridine rings is 1. The molecule has 5 aromatic rings. The lowest BCUT2D eigenvalue weighted by molar-refractivity contribution is 0.0941. The van der Waals surface area contributed by atoms with Crippen LogP contribution in [-0.4, -0.2) is 25.1 Å². The van der Waals surface area contributed by atoms with Gasteiger partial charge < -0.3 is 11.1 Å². The maximum absolute atomic E-state index is 13.7. The number of carbonyl (C=O) groups is 1. The van der Waals surface area contributed by atoms with Crippen LogP contribution < -0.4 is 16.6 Å². The van der Waals surface area contributed by atoms with Gasteiger partial charge in [-0.15, -0.1) is 5.10 Å². The Morgan fingerprint density at radius 3 is 2.71 bits per heavy atom. The van der Waals surface area contributed by atoms with E-state index in [0.717, 1.165) is 10.9 Å². The Morgan fingerprint density at radius 1 is 1.15 bits per heavy atom. The molecule has 3 N–H and O–H groups in total. The minimum atomic E-state index is -0.532. The molecule has 0 fully saturated rings. The summed E-state index contributed by atoms with van der Waals surface area (Å²) in [7, 11) is 0. The van der Waals surface area contributed by atoms with Crippen LogP contribution in [0.1, 0.15) is 34.6 Å². The molecule has 0 spiro atoms. The van der Waals surface area contributed by atoms with E-state index in [1.54, 1.807) is 29.1 Å². The number of anilines is 1. The van der Waals surface area contributed by atoms with E-state index in [9.17, 15) is 9.59 Å². The summed E-state index contributed by atoms with van der Waals surface area (Å²) in [6.07, 6.45) is 4.92. The van der Waals surface area contributed by atoms with Crippen molar-refractivity contribution in [3.05, 3.63) is 107 Å². The molecule has 168 valence electrons. The van der Waals surface area contributed by atoms with Crippen molar-refractivity contribution < 1.29 is 4.79 Å². The summed E-state index contributed by atoms with van der Waals surface area (Å²) in [6.45, 7) is 5.68. The van der Waals surface area contributed by atoms with E-state index in [-0.39, 0.29) is 16.9 Å². The van der Waals surface area contributed by atoms with Crippen LogP contribution in [0, 0.1) is 0 Å². The number of hydrogen-bond acceptors (Lipinski definition) is 5.